The number of thiocarbonyl (C=S) groups is 1. The lowest BCUT2D eigenvalue weighted by Crippen LogP contribution is -2.37. The van der Waals surface area contributed by atoms with Gasteiger partial charge >= 0.3 is 0 Å². The summed E-state index contributed by atoms with van der Waals surface area (Å²) in [7, 11) is 0. The summed E-state index contributed by atoms with van der Waals surface area (Å²) in [6, 6.07) is 2.92. The fourth-order valence-corrected chi connectivity index (χ4v) is 1.89. The second-order valence-electron chi connectivity index (χ2n) is 5.01. The van der Waals surface area contributed by atoms with Gasteiger partial charge in [0.1, 0.15) is 0 Å². The molecule has 0 aliphatic rings. The number of nitrogens with zero attached hydrogens (tertiary/aromatic N) is 3. The van der Waals surface area contributed by atoms with Crippen LogP contribution in [0.4, 0.5) is 0 Å². The lowest BCUT2D eigenvalue weighted by Gasteiger charge is -2.24. The normalized spacial score (nSPS) is 13.2. The Morgan fingerprint density at radius 3 is 2.67 bits per heavy atom. The van der Waals surface area contributed by atoms with Gasteiger partial charge in [-0.1, -0.05) is 19.1 Å². The first-order chi connectivity index (χ1) is 8.43. The van der Waals surface area contributed by atoms with E-state index in [1.165, 1.54) is 0 Å². The minimum Gasteiger partial charge on any atom is -0.392 e. The Balaban J connectivity index is 2.69. The molecule has 102 valence electrons. The van der Waals surface area contributed by atoms with Crippen molar-refractivity contribution in [2.45, 2.75) is 52.7 Å². The molecule has 1 aromatic heterocycles. The Bertz CT molecular complexity index is 386. The van der Waals surface area contributed by atoms with Crippen molar-refractivity contribution in [1.82, 2.24) is 14.7 Å². The predicted molar refractivity (Wildman–Crippen MR) is 79.6 cm³/mol. The van der Waals surface area contributed by atoms with E-state index < -0.39 is 0 Å². The highest BCUT2D eigenvalue weighted by molar-refractivity contribution is 7.80. The topological polar surface area (TPSA) is 47.1 Å². The lowest BCUT2D eigenvalue weighted by molar-refractivity contribution is 0.241. The molecule has 1 rings (SSSR count). The minimum atomic E-state index is 0.403. The quantitative estimate of drug-likeness (QED) is 0.771. The molecule has 0 aliphatic carbocycles. The van der Waals surface area contributed by atoms with E-state index in [9.17, 15) is 0 Å². The molecule has 0 aliphatic heterocycles. The molecule has 1 unspecified atom stereocenters. The molecule has 18 heavy (non-hydrogen) atoms. The van der Waals surface area contributed by atoms with Crippen LogP contribution in [0.25, 0.3) is 0 Å². The molecule has 1 heterocycles. The van der Waals surface area contributed by atoms with Gasteiger partial charge in [-0.15, -0.1) is 0 Å². The number of hydrogen-bond donors (Lipinski definition) is 1. The molecule has 0 aromatic carbocycles. The lowest BCUT2D eigenvalue weighted by atomic mass is 10.3. The Hall–Kier alpha value is -0.940. The number of hydrogen-bond acceptors (Lipinski definition) is 3. The maximum absolute atomic E-state index is 5.62. The van der Waals surface area contributed by atoms with Crippen LogP contribution in [0.2, 0.25) is 0 Å². The summed E-state index contributed by atoms with van der Waals surface area (Å²) in [6.45, 7) is 10.1. The number of aromatic nitrogens is 2. The monoisotopic (exact) mass is 268 g/mol. The van der Waals surface area contributed by atoms with Gasteiger partial charge in [0.05, 0.1) is 10.7 Å². The Morgan fingerprint density at radius 2 is 2.17 bits per heavy atom. The highest BCUT2D eigenvalue weighted by Gasteiger charge is 2.13. The second kappa shape index (κ2) is 6.85. The van der Waals surface area contributed by atoms with Crippen LogP contribution in [0.15, 0.2) is 12.3 Å². The zero-order valence-electron chi connectivity index (χ0n) is 11.8. The van der Waals surface area contributed by atoms with Gasteiger partial charge in [-0.3, -0.25) is 9.58 Å². The molecule has 0 fully saturated rings. The van der Waals surface area contributed by atoms with Gasteiger partial charge in [0.2, 0.25) is 0 Å². The van der Waals surface area contributed by atoms with Crippen molar-refractivity contribution in [1.29, 1.82) is 0 Å². The average Bonchev–Trinajstić information content (AvgIpc) is 2.75. The molecule has 1 atom stereocenters. The summed E-state index contributed by atoms with van der Waals surface area (Å²) in [4.78, 5) is 2.76. The van der Waals surface area contributed by atoms with Crippen molar-refractivity contribution in [2.75, 3.05) is 6.54 Å². The first-order valence-corrected chi connectivity index (χ1v) is 6.91. The Kier molecular flexibility index (Phi) is 5.75. The van der Waals surface area contributed by atoms with Crippen LogP contribution >= 0.6 is 12.2 Å². The molecular weight excluding hydrogens is 244 g/mol. The predicted octanol–water partition coefficient (Wildman–Crippen LogP) is 2.35. The van der Waals surface area contributed by atoms with Gasteiger partial charge in [-0.2, -0.15) is 5.10 Å². The maximum Gasteiger partial charge on any atom is 0.0870 e. The summed E-state index contributed by atoms with van der Waals surface area (Å²) >= 11 is 4.98. The van der Waals surface area contributed by atoms with Crippen molar-refractivity contribution in [3.05, 3.63) is 18.0 Å². The van der Waals surface area contributed by atoms with Crippen LogP contribution in [0.1, 0.15) is 45.9 Å². The third-order valence-electron chi connectivity index (χ3n) is 3.16. The summed E-state index contributed by atoms with van der Waals surface area (Å²) in [5.41, 5.74) is 6.69. The molecule has 0 radical (unpaired) electrons. The molecule has 0 spiro atoms. The Labute approximate surface area is 115 Å². The van der Waals surface area contributed by atoms with E-state index in [2.05, 4.69) is 43.8 Å². The van der Waals surface area contributed by atoms with Crippen LogP contribution in [-0.2, 0) is 6.54 Å². The van der Waals surface area contributed by atoms with Gasteiger partial charge in [0.25, 0.3) is 0 Å². The van der Waals surface area contributed by atoms with Gasteiger partial charge in [0.15, 0.2) is 0 Å². The van der Waals surface area contributed by atoms with Crippen molar-refractivity contribution in [3.8, 4) is 0 Å². The fraction of sp³-hybridized carbons (Fsp3) is 0.692. The maximum atomic E-state index is 5.62. The molecule has 0 bridgehead atoms. The third kappa shape index (κ3) is 4.38. The molecule has 0 amide bonds. The van der Waals surface area contributed by atoms with Crippen LogP contribution in [0.5, 0.6) is 0 Å². The standard InChI is InChI=1S/C13H24N4S/c1-5-11(4)17-7-6-12(15-17)8-16(10(2)3)9-13(14)18/h6-7,10-11H,5,8-9H2,1-4H3,(H2,14,18). The van der Waals surface area contributed by atoms with Gasteiger partial charge < -0.3 is 5.73 Å². The smallest absolute Gasteiger partial charge is 0.0870 e. The molecule has 2 N–H and O–H groups in total. The number of rotatable bonds is 7. The molecule has 0 saturated carbocycles. The van der Waals surface area contributed by atoms with Crippen LogP contribution in [0, 0.1) is 0 Å². The van der Waals surface area contributed by atoms with E-state index >= 15 is 0 Å². The van der Waals surface area contributed by atoms with Crippen molar-refractivity contribution < 1.29 is 0 Å². The van der Waals surface area contributed by atoms with Gasteiger partial charge in [-0.25, -0.2) is 0 Å². The highest BCUT2D eigenvalue weighted by atomic mass is 32.1. The van der Waals surface area contributed by atoms with Gasteiger partial charge in [-0.05, 0) is 33.3 Å². The van der Waals surface area contributed by atoms with E-state index in [4.69, 9.17) is 18.0 Å². The number of nitrogens with two attached hydrogens (primary N) is 1. The van der Waals surface area contributed by atoms with Crippen molar-refractivity contribution in [2.24, 2.45) is 5.73 Å². The fourth-order valence-electron chi connectivity index (χ4n) is 1.72. The summed E-state index contributed by atoms with van der Waals surface area (Å²) in [5, 5.41) is 4.60. The molecule has 0 saturated heterocycles. The van der Waals surface area contributed by atoms with E-state index in [1.807, 2.05) is 10.9 Å². The summed E-state index contributed by atoms with van der Waals surface area (Å²) < 4.78 is 2.02. The molecule has 4 nitrogen and oxygen atoms in total. The third-order valence-corrected chi connectivity index (χ3v) is 3.29. The first kappa shape index (κ1) is 15.1. The zero-order valence-corrected chi connectivity index (χ0v) is 12.6. The summed E-state index contributed by atoms with van der Waals surface area (Å²) in [6.07, 6.45) is 3.13. The largest absolute Gasteiger partial charge is 0.392 e. The van der Waals surface area contributed by atoms with Crippen molar-refractivity contribution in [3.63, 3.8) is 0 Å². The molecule has 1 aromatic rings. The van der Waals surface area contributed by atoms with Gasteiger partial charge in [0, 0.05) is 31.4 Å². The van der Waals surface area contributed by atoms with Crippen LogP contribution in [-0.4, -0.2) is 32.3 Å². The minimum absolute atomic E-state index is 0.403. The van der Waals surface area contributed by atoms with Crippen LogP contribution in [0.3, 0.4) is 0 Å². The zero-order chi connectivity index (χ0) is 13.7. The average molecular weight is 268 g/mol. The molecule has 5 heteroatoms. The van der Waals surface area contributed by atoms with E-state index in [-0.39, 0.29) is 0 Å². The van der Waals surface area contributed by atoms with E-state index in [1.54, 1.807) is 0 Å². The SMILES string of the molecule is CCC(C)n1ccc(CN(CC(N)=S)C(C)C)n1. The van der Waals surface area contributed by atoms with Crippen molar-refractivity contribution >= 4 is 17.2 Å². The first-order valence-electron chi connectivity index (χ1n) is 6.50. The molecular formula is C13H24N4S. The summed E-state index contributed by atoms with van der Waals surface area (Å²) in [5.74, 6) is 0. The van der Waals surface area contributed by atoms with Crippen LogP contribution < -0.4 is 5.73 Å². The second-order valence-corrected chi connectivity index (χ2v) is 5.53. The Morgan fingerprint density at radius 1 is 1.50 bits per heavy atom. The van der Waals surface area contributed by atoms with E-state index in [0.717, 1.165) is 18.7 Å². The van der Waals surface area contributed by atoms with E-state index in [0.29, 0.717) is 23.6 Å². The highest BCUT2D eigenvalue weighted by Crippen LogP contribution is 2.11.